The number of nitrogens with zero attached hydrogens (tertiary/aromatic N) is 4. The van der Waals surface area contributed by atoms with E-state index in [1.54, 1.807) is 24.3 Å². The van der Waals surface area contributed by atoms with Crippen LogP contribution in [0.1, 0.15) is 132 Å². The van der Waals surface area contributed by atoms with Crippen LogP contribution in [-0.4, -0.2) is 54.9 Å². The van der Waals surface area contributed by atoms with Crippen molar-refractivity contribution in [3.05, 3.63) is 106 Å². The SMILES string of the molecule is CCCCCCCCCCCCCC[C@@H](N=[N+]=[N-])[C@@H](O)[C@H](CO[Si](c1ccccc1)(c1ccccc1)C(C)(C)C)N1C(=O)c2ccccc2C1=O. The zero-order valence-corrected chi connectivity index (χ0v) is 32.2. The molecule has 0 spiro atoms. The molecule has 0 unspecified atom stereocenters. The summed E-state index contributed by atoms with van der Waals surface area (Å²) >= 11 is 0. The zero-order chi connectivity index (χ0) is 36.7. The summed E-state index contributed by atoms with van der Waals surface area (Å²) < 4.78 is 7.20. The number of fused-ring (bicyclic) bond motifs is 1. The molecular weight excluding hydrogens is 653 g/mol. The van der Waals surface area contributed by atoms with E-state index in [2.05, 4.69) is 62.0 Å². The van der Waals surface area contributed by atoms with Crippen molar-refractivity contribution in [2.45, 2.75) is 134 Å². The molecule has 0 bridgehead atoms. The van der Waals surface area contributed by atoms with Gasteiger partial charge in [0.25, 0.3) is 20.1 Å². The summed E-state index contributed by atoms with van der Waals surface area (Å²) in [6.45, 7) is 8.60. The van der Waals surface area contributed by atoms with Gasteiger partial charge in [0.05, 0.1) is 35.9 Å². The Morgan fingerprint density at radius 1 is 0.725 bits per heavy atom. The minimum Gasteiger partial charge on any atom is -0.405 e. The standard InChI is InChI=1S/C42H58N4O4Si/c1-5-6-7-8-9-10-11-12-13-14-15-22-31-37(44-45-43)39(47)38(46-40(48)35-29-23-24-30-36(35)41(46)49)32-50-51(42(2,3)4,33-25-18-16-19-26-33)34-27-20-17-21-28-34/h16-21,23-30,37-39,47H,5-15,22,31-32H2,1-4H3/t37-,38+,39-/m1/s1. The average molecular weight is 711 g/mol. The van der Waals surface area contributed by atoms with Gasteiger partial charge in [-0.3, -0.25) is 14.5 Å². The molecule has 274 valence electrons. The summed E-state index contributed by atoms with van der Waals surface area (Å²) in [5, 5.41) is 17.9. The van der Waals surface area contributed by atoms with Crippen LogP contribution in [0.4, 0.5) is 0 Å². The van der Waals surface area contributed by atoms with Gasteiger partial charge in [0.2, 0.25) is 0 Å². The summed E-state index contributed by atoms with van der Waals surface area (Å²) in [6, 6.07) is 25.1. The largest absolute Gasteiger partial charge is 0.405 e. The fourth-order valence-electron chi connectivity index (χ4n) is 7.62. The third kappa shape index (κ3) is 9.98. The molecule has 0 aliphatic carbocycles. The first-order valence-electron chi connectivity index (χ1n) is 19.1. The van der Waals surface area contributed by atoms with Gasteiger partial charge in [-0.15, -0.1) is 0 Å². The molecule has 0 aromatic heterocycles. The molecule has 1 aliphatic heterocycles. The van der Waals surface area contributed by atoms with Crippen molar-refractivity contribution in [3.63, 3.8) is 0 Å². The number of unbranched alkanes of at least 4 members (excludes halogenated alkanes) is 11. The number of rotatable bonds is 22. The van der Waals surface area contributed by atoms with Gasteiger partial charge >= 0.3 is 0 Å². The maximum absolute atomic E-state index is 13.9. The molecule has 1 aliphatic rings. The predicted octanol–water partition coefficient (Wildman–Crippen LogP) is 9.36. The zero-order valence-electron chi connectivity index (χ0n) is 31.2. The topological polar surface area (TPSA) is 116 Å². The van der Waals surface area contributed by atoms with E-state index >= 15 is 0 Å². The Labute approximate surface area is 306 Å². The normalized spacial score (nSPS) is 15.0. The van der Waals surface area contributed by atoms with E-state index in [4.69, 9.17) is 4.43 Å². The second kappa shape index (κ2) is 19.7. The molecule has 3 atom stereocenters. The predicted molar refractivity (Wildman–Crippen MR) is 209 cm³/mol. The minimum atomic E-state index is -3.11. The molecule has 3 aromatic rings. The molecule has 51 heavy (non-hydrogen) atoms. The number of hydrogen-bond donors (Lipinski definition) is 1. The number of carbonyl (C=O) groups excluding carboxylic acids is 2. The van der Waals surface area contributed by atoms with Crippen LogP contribution in [0.25, 0.3) is 10.4 Å². The smallest absolute Gasteiger partial charge is 0.261 e. The maximum atomic E-state index is 13.9. The number of imide groups is 1. The Morgan fingerprint density at radius 2 is 1.16 bits per heavy atom. The number of carbonyl (C=O) groups is 2. The highest BCUT2D eigenvalue weighted by atomic mass is 28.4. The Balaban J connectivity index is 1.55. The third-order valence-corrected chi connectivity index (χ3v) is 15.4. The Bertz CT molecular complexity index is 1500. The van der Waals surface area contributed by atoms with Crippen LogP contribution in [0.5, 0.6) is 0 Å². The molecular formula is C42H58N4O4Si. The summed E-state index contributed by atoms with van der Waals surface area (Å²) in [4.78, 5) is 32.1. The Morgan fingerprint density at radius 3 is 1.59 bits per heavy atom. The van der Waals surface area contributed by atoms with Gasteiger partial charge in [0, 0.05) is 4.91 Å². The van der Waals surface area contributed by atoms with Crippen molar-refractivity contribution in [1.82, 2.24) is 4.90 Å². The monoisotopic (exact) mass is 710 g/mol. The van der Waals surface area contributed by atoms with E-state index in [1.165, 1.54) is 51.4 Å². The van der Waals surface area contributed by atoms with Crippen molar-refractivity contribution < 1.29 is 19.1 Å². The third-order valence-electron chi connectivity index (χ3n) is 10.4. The summed E-state index contributed by atoms with van der Waals surface area (Å²) in [6.07, 6.45) is 13.5. The molecule has 9 heteroatoms. The van der Waals surface area contributed by atoms with E-state index in [9.17, 15) is 20.2 Å². The van der Waals surface area contributed by atoms with Gasteiger partial charge in [-0.05, 0) is 39.5 Å². The molecule has 0 saturated heterocycles. The van der Waals surface area contributed by atoms with Crippen molar-refractivity contribution in [1.29, 1.82) is 0 Å². The van der Waals surface area contributed by atoms with E-state index < -0.39 is 38.3 Å². The van der Waals surface area contributed by atoms with E-state index in [0.717, 1.165) is 41.0 Å². The second-order valence-corrected chi connectivity index (χ2v) is 19.3. The van der Waals surface area contributed by atoms with Crippen molar-refractivity contribution in [3.8, 4) is 0 Å². The summed E-state index contributed by atoms with van der Waals surface area (Å²) in [5.74, 6) is -0.952. The van der Waals surface area contributed by atoms with Crippen LogP contribution in [0.15, 0.2) is 90.0 Å². The van der Waals surface area contributed by atoms with Crippen LogP contribution in [0.3, 0.4) is 0 Å². The number of aliphatic hydroxyl groups is 1. The molecule has 1 heterocycles. The number of azide groups is 1. The number of aliphatic hydroxyl groups excluding tert-OH is 1. The lowest BCUT2D eigenvalue weighted by molar-refractivity contribution is 0.0108. The number of hydrogen-bond acceptors (Lipinski definition) is 5. The second-order valence-electron chi connectivity index (χ2n) is 15.0. The fraction of sp³-hybridized carbons (Fsp3) is 0.524. The lowest BCUT2D eigenvalue weighted by Crippen LogP contribution is -2.68. The lowest BCUT2D eigenvalue weighted by Gasteiger charge is -2.45. The number of amides is 2. The molecule has 0 saturated carbocycles. The molecule has 2 amide bonds. The van der Waals surface area contributed by atoms with Crippen molar-refractivity contribution >= 4 is 30.5 Å². The molecule has 4 rings (SSSR count). The van der Waals surface area contributed by atoms with E-state index in [1.807, 2.05) is 36.4 Å². The van der Waals surface area contributed by atoms with Crippen LogP contribution < -0.4 is 10.4 Å². The van der Waals surface area contributed by atoms with Crippen molar-refractivity contribution in [2.24, 2.45) is 5.11 Å². The fourth-order valence-corrected chi connectivity index (χ4v) is 12.2. The van der Waals surface area contributed by atoms with E-state index in [-0.39, 0.29) is 11.6 Å². The Kier molecular flexibility index (Phi) is 15.5. The van der Waals surface area contributed by atoms with Gasteiger partial charge in [0.1, 0.15) is 0 Å². The van der Waals surface area contributed by atoms with Gasteiger partial charge in [-0.2, -0.15) is 0 Å². The molecule has 8 nitrogen and oxygen atoms in total. The summed E-state index contributed by atoms with van der Waals surface area (Å²) in [7, 11) is -3.11. The molecule has 0 fully saturated rings. The van der Waals surface area contributed by atoms with Crippen LogP contribution in [0, 0.1) is 0 Å². The Hall–Kier alpha value is -3.75. The molecule has 3 aromatic carbocycles. The first-order chi connectivity index (χ1) is 24.7. The average Bonchev–Trinajstić information content (AvgIpc) is 3.38. The highest BCUT2D eigenvalue weighted by Crippen LogP contribution is 2.38. The maximum Gasteiger partial charge on any atom is 0.261 e. The minimum absolute atomic E-state index is 0.115. The van der Waals surface area contributed by atoms with Crippen LogP contribution in [-0.2, 0) is 4.43 Å². The molecule has 0 radical (unpaired) electrons. The van der Waals surface area contributed by atoms with Crippen LogP contribution in [0.2, 0.25) is 5.04 Å². The lowest BCUT2D eigenvalue weighted by atomic mass is 9.97. The van der Waals surface area contributed by atoms with Crippen LogP contribution >= 0.6 is 0 Å². The first kappa shape index (κ1) is 40.0. The number of benzene rings is 3. The molecule has 1 N–H and O–H groups in total. The first-order valence-corrected chi connectivity index (χ1v) is 21.0. The van der Waals surface area contributed by atoms with Gasteiger partial charge in [0.15, 0.2) is 0 Å². The highest BCUT2D eigenvalue weighted by Gasteiger charge is 2.52. The van der Waals surface area contributed by atoms with Crippen molar-refractivity contribution in [2.75, 3.05) is 6.61 Å². The summed E-state index contributed by atoms with van der Waals surface area (Å²) in [5.41, 5.74) is 10.2. The highest BCUT2D eigenvalue weighted by molar-refractivity contribution is 6.99. The van der Waals surface area contributed by atoms with Gasteiger partial charge < -0.3 is 9.53 Å². The van der Waals surface area contributed by atoms with Gasteiger partial charge in [-0.25, -0.2) is 0 Å². The van der Waals surface area contributed by atoms with Gasteiger partial charge in [-0.1, -0.05) is 183 Å². The quantitative estimate of drug-likeness (QED) is 0.0279. The van der Waals surface area contributed by atoms with E-state index in [0.29, 0.717) is 17.5 Å².